The number of alkyl halides is 6. The Balaban J connectivity index is 2.04. The molecule has 1 aromatic carbocycles. The van der Waals surface area contributed by atoms with Gasteiger partial charge < -0.3 is 4.52 Å². The van der Waals surface area contributed by atoms with Crippen molar-refractivity contribution < 1.29 is 30.9 Å². The monoisotopic (exact) mass is 457 g/mol. The number of nitrogens with zero attached hydrogens (tertiary/aromatic N) is 1. The summed E-state index contributed by atoms with van der Waals surface area (Å²) in [5.74, 6) is -16.1. The number of thiophene rings is 1. The van der Waals surface area contributed by atoms with E-state index < -0.39 is 34.5 Å². The van der Waals surface area contributed by atoms with Crippen LogP contribution in [-0.2, 0) is 0 Å². The van der Waals surface area contributed by atoms with Gasteiger partial charge in [0.05, 0.1) is 11.3 Å². The van der Waals surface area contributed by atoms with Crippen LogP contribution < -0.4 is 0 Å². The van der Waals surface area contributed by atoms with Crippen molar-refractivity contribution in [2.45, 2.75) is 45.5 Å². The van der Waals surface area contributed by atoms with Crippen molar-refractivity contribution in [1.29, 1.82) is 0 Å². The van der Waals surface area contributed by atoms with E-state index in [1.54, 1.807) is 12.1 Å². The van der Waals surface area contributed by atoms with Crippen LogP contribution in [-0.4, -0.2) is 22.9 Å². The fourth-order valence-electron chi connectivity index (χ4n) is 3.84. The largest absolute Gasteiger partial charge is 0.380 e. The highest BCUT2D eigenvalue weighted by atomic mass is 32.1. The Morgan fingerprint density at radius 1 is 0.839 bits per heavy atom. The Morgan fingerprint density at radius 3 is 1.97 bits per heavy atom. The number of rotatable bonds is 3. The van der Waals surface area contributed by atoms with E-state index >= 15 is 0 Å². The Bertz CT molecular complexity index is 1180. The van der Waals surface area contributed by atoms with Gasteiger partial charge >= 0.3 is 17.8 Å². The molecule has 164 valence electrons. The summed E-state index contributed by atoms with van der Waals surface area (Å²) in [6.07, 6.45) is 0. The van der Waals surface area contributed by atoms with E-state index in [2.05, 4.69) is 5.16 Å². The Labute approximate surface area is 178 Å². The van der Waals surface area contributed by atoms with Gasteiger partial charge in [0.15, 0.2) is 0 Å². The minimum absolute atomic E-state index is 0.162. The van der Waals surface area contributed by atoms with E-state index in [9.17, 15) is 26.3 Å². The highest BCUT2D eigenvalue weighted by molar-refractivity contribution is 7.15. The molecule has 2 nitrogen and oxygen atoms in total. The van der Waals surface area contributed by atoms with Gasteiger partial charge in [0.25, 0.3) is 0 Å². The third kappa shape index (κ3) is 2.89. The molecule has 31 heavy (non-hydrogen) atoms. The summed E-state index contributed by atoms with van der Waals surface area (Å²) < 4.78 is 93.5. The average molecular weight is 457 g/mol. The van der Waals surface area contributed by atoms with Gasteiger partial charge in [-0.1, -0.05) is 35.0 Å². The summed E-state index contributed by atoms with van der Waals surface area (Å²) >= 11 is 1.07. The predicted octanol–water partition coefficient (Wildman–Crippen LogP) is 7.47. The van der Waals surface area contributed by atoms with Crippen LogP contribution in [0.15, 0.2) is 34.9 Å². The second-order valence-electron chi connectivity index (χ2n) is 7.62. The van der Waals surface area contributed by atoms with Crippen molar-refractivity contribution in [2.24, 2.45) is 0 Å². The van der Waals surface area contributed by atoms with Gasteiger partial charge in [-0.3, -0.25) is 0 Å². The molecule has 0 spiro atoms. The van der Waals surface area contributed by atoms with Crippen LogP contribution in [0.2, 0.25) is 0 Å². The molecule has 0 saturated heterocycles. The predicted molar refractivity (Wildman–Crippen MR) is 107 cm³/mol. The lowest BCUT2D eigenvalue weighted by atomic mass is 9.93. The molecule has 0 radical (unpaired) electrons. The Morgan fingerprint density at radius 2 is 1.42 bits per heavy atom. The molecule has 2 aromatic heterocycles. The van der Waals surface area contributed by atoms with E-state index in [1.165, 1.54) is 26.8 Å². The van der Waals surface area contributed by atoms with Crippen molar-refractivity contribution in [3.63, 3.8) is 0 Å². The standard InChI is InChI=1S/C22H17F6NOS/c1-10-5-7-14(8-6-10)16-9-15(13(4)31-16)18-19(17-11(2)29-30-12(17)3)21(25,26)22(27,28)20(18,23)24/h5-9H,1-4H3. The fraction of sp³-hybridized carbons (Fsp3) is 0.318. The molecule has 1 aliphatic rings. The highest BCUT2D eigenvalue weighted by Crippen LogP contribution is 2.65. The number of hydrogen-bond donors (Lipinski definition) is 0. The first-order valence-electron chi connectivity index (χ1n) is 9.30. The number of allylic oxidation sites excluding steroid dienone is 2. The number of halogens is 6. The van der Waals surface area contributed by atoms with Crippen LogP contribution in [0.4, 0.5) is 26.3 Å². The maximum atomic E-state index is 15.0. The van der Waals surface area contributed by atoms with E-state index in [-0.39, 0.29) is 21.9 Å². The van der Waals surface area contributed by atoms with Crippen LogP contribution >= 0.6 is 11.3 Å². The molecule has 0 unspecified atom stereocenters. The molecular weight excluding hydrogens is 440 g/mol. The molecular formula is C22H17F6NOS. The second-order valence-corrected chi connectivity index (χ2v) is 8.88. The van der Waals surface area contributed by atoms with Gasteiger partial charge in [0.1, 0.15) is 5.76 Å². The summed E-state index contributed by atoms with van der Waals surface area (Å²) in [5.41, 5.74) is -2.19. The first-order valence-corrected chi connectivity index (χ1v) is 10.1. The van der Waals surface area contributed by atoms with Crippen molar-refractivity contribution in [3.8, 4) is 10.4 Å². The lowest BCUT2D eigenvalue weighted by Gasteiger charge is -2.25. The van der Waals surface area contributed by atoms with E-state index in [0.29, 0.717) is 10.4 Å². The summed E-state index contributed by atoms with van der Waals surface area (Å²) in [6.45, 7) is 5.79. The lowest BCUT2D eigenvalue weighted by Crippen LogP contribution is -2.49. The first kappa shape index (κ1) is 21.7. The molecule has 1 aliphatic carbocycles. The van der Waals surface area contributed by atoms with Gasteiger partial charge in [-0.2, -0.15) is 26.3 Å². The normalized spacial score (nSPS) is 19.3. The molecule has 0 saturated carbocycles. The fourth-order valence-corrected chi connectivity index (χ4v) is 4.87. The molecule has 0 bridgehead atoms. The zero-order valence-corrected chi connectivity index (χ0v) is 17.7. The smallest absolute Gasteiger partial charge is 0.361 e. The highest BCUT2D eigenvalue weighted by Gasteiger charge is 2.80. The minimum Gasteiger partial charge on any atom is -0.361 e. The summed E-state index contributed by atoms with van der Waals surface area (Å²) in [5, 5.41) is 3.50. The van der Waals surface area contributed by atoms with Crippen LogP contribution in [0.3, 0.4) is 0 Å². The third-order valence-electron chi connectivity index (χ3n) is 5.47. The molecule has 0 fully saturated rings. The zero-order valence-electron chi connectivity index (χ0n) is 16.9. The van der Waals surface area contributed by atoms with Crippen molar-refractivity contribution >= 4 is 22.5 Å². The number of aromatic nitrogens is 1. The summed E-state index contributed by atoms with van der Waals surface area (Å²) in [7, 11) is 0. The number of aryl methyl sites for hydroxylation is 4. The maximum absolute atomic E-state index is 15.0. The second kappa shape index (κ2) is 6.72. The molecule has 0 aliphatic heterocycles. The van der Waals surface area contributed by atoms with Gasteiger partial charge in [-0.25, -0.2) is 0 Å². The minimum atomic E-state index is -5.61. The first-order chi connectivity index (χ1) is 14.3. The SMILES string of the molecule is Cc1ccc(-c2cc(C3=C(c4c(C)noc4C)C(F)(F)C(F)(F)C3(F)F)c(C)s2)cc1. The molecule has 0 amide bonds. The van der Waals surface area contributed by atoms with E-state index in [4.69, 9.17) is 4.52 Å². The van der Waals surface area contributed by atoms with Crippen molar-refractivity contribution in [1.82, 2.24) is 5.16 Å². The van der Waals surface area contributed by atoms with Gasteiger partial charge in [-0.15, -0.1) is 11.3 Å². The van der Waals surface area contributed by atoms with Crippen molar-refractivity contribution in [3.05, 3.63) is 63.4 Å². The van der Waals surface area contributed by atoms with Crippen LogP contribution in [0.25, 0.3) is 21.6 Å². The van der Waals surface area contributed by atoms with Crippen LogP contribution in [0.5, 0.6) is 0 Å². The van der Waals surface area contributed by atoms with Crippen LogP contribution in [0.1, 0.15) is 33.0 Å². The molecule has 2 heterocycles. The third-order valence-corrected chi connectivity index (χ3v) is 6.57. The molecule has 4 rings (SSSR count). The quantitative estimate of drug-likeness (QED) is 0.382. The van der Waals surface area contributed by atoms with E-state index in [0.717, 1.165) is 16.9 Å². The Hall–Kier alpha value is -2.55. The average Bonchev–Trinajstić information content (AvgIpc) is 3.24. The van der Waals surface area contributed by atoms with Gasteiger partial charge in [0.2, 0.25) is 0 Å². The summed E-state index contributed by atoms with van der Waals surface area (Å²) in [4.78, 5) is 0.732. The Kier molecular flexibility index (Phi) is 4.70. The number of hydrogen-bond acceptors (Lipinski definition) is 3. The molecule has 9 heteroatoms. The van der Waals surface area contributed by atoms with Gasteiger partial charge in [-0.05, 0) is 44.9 Å². The van der Waals surface area contributed by atoms with Crippen molar-refractivity contribution in [2.75, 3.05) is 0 Å². The summed E-state index contributed by atoms with van der Waals surface area (Å²) in [6, 6.07) is 8.40. The number of benzene rings is 1. The topological polar surface area (TPSA) is 26.0 Å². The van der Waals surface area contributed by atoms with Gasteiger partial charge in [0, 0.05) is 20.9 Å². The van der Waals surface area contributed by atoms with Crippen LogP contribution in [0, 0.1) is 27.7 Å². The maximum Gasteiger partial charge on any atom is 0.380 e. The molecule has 0 N–H and O–H groups in total. The zero-order chi connectivity index (χ0) is 22.9. The van der Waals surface area contributed by atoms with E-state index in [1.807, 2.05) is 19.1 Å². The lowest BCUT2D eigenvalue weighted by molar-refractivity contribution is -0.254. The molecule has 0 atom stereocenters. The molecule has 3 aromatic rings.